The number of rotatable bonds is 4. The van der Waals surface area contributed by atoms with Crippen molar-refractivity contribution in [1.82, 2.24) is 19.4 Å². The molecular weight excluding hydrogens is 264 g/mol. The van der Waals surface area contributed by atoms with Gasteiger partial charge in [0, 0.05) is 36.1 Å². The van der Waals surface area contributed by atoms with Gasteiger partial charge >= 0.3 is 0 Å². The zero-order valence-electron chi connectivity index (χ0n) is 12.3. The van der Waals surface area contributed by atoms with Gasteiger partial charge in [-0.15, -0.1) is 0 Å². The van der Waals surface area contributed by atoms with Crippen molar-refractivity contribution >= 4 is 5.52 Å². The molecule has 108 valence electrons. The van der Waals surface area contributed by atoms with Crippen LogP contribution in [0.4, 0.5) is 0 Å². The van der Waals surface area contributed by atoms with Crippen LogP contribution in [0, 0.1) is 5.92 Å². The Kier molecular flexibility index (Phi) is 2.74. The summed E-state index contributed by atoms with van der Waals surface area (Å²) in [6.07, 6.45) is 11.7. The maximum absolute atomic E-state index is 5.61. The fourth-order valence-corrected chi connectivity index (χ4v) is 2.81. The third-order valence-electron chi connectivity index (χ3n) is 4.12. The normalized spacial score (nSPS) is 14.8. The van der Waals surface area contributed by atoms with Gasteiger partial charge < -0.3 is 4.74 Å². The molecule has 0 atom stereocenters. The summed E-state index contributed by atoms with van der Waals surface area (Å²) in [6, 6.07) is 2.07. The van der Waals surface area contributed by atoms with Crippen LogP contribution in [0.15, 0.2) is 30.9 Å². The van der Waals surface area contributed by atoms with E-state index in [0.29, 0.717) is 0 Å². The number of methoxy groups -OCH3 is 1. The van der Waals surface area contributed by atoms with Gasteiger partial charge in [-0.25, -0.2) is 4.52 Å². The van der Waals surface area contributed by atoms with Crippen molar-refractivity contribution in [2.45, 2.75) is 19.3 Å². The summed E-state index contributed by atoms with van der Waals surface area (Å²) in [5, 5.41) is 8.74. The molecule has 5 heteroatoms. The van der Waals surface area contributed by atoms with Crippen molar-refractivity contribution < 1.29 is 4.74 Å². The number of nitrogens with zero attached hydrogens (tertiary/aromatic N) is 4. The summed E-state index contributed by atoms with van der Waals surface area (Å²) < 4.78 is 9.34. The highest BCUT2D eigenvalue weighted by Crippen LogP contribution is 2.36. The first-order valence-electron chi connectivity index (χ1n) is 7.28. The van der Waals surface area contributed by atoms with Gasteiger partial charge in [-0.05, 0) is 31.2 Å². The van der Waals surface area contributed by atoms with Gasteiger partial charge in [0.2, 0.25) is 0 Å². The first kappa shape index (κ1) is 12.4. The minimum atomic E-state index is 0.834. The second-order valence-corrected chi connectivity index (χ2v) is 5.81. The number of fused-ring (bicyclic) bond motifs is 1. The molecule has 1 aliphatic rings. The number of hydrogen-bond donors (Lipinski definition) is 0. The van der Waals surface area contributed by atoms with Crippen molar-refractivity contribution in [3.63, 3.8) is 0 Å². The lowest BCUT2D eigenvalue weighted by Gasteiger charge is -2.08. The van der Waals surface area contributed by atoms with Crippen LogP contribution in [-0.4, -0.2) is 26.5 Å². The smallest absolute Gasteiger partial charge is 0.145 e. The van der Waals surface area contributed by atoms with Crippen molar-refractivity contribution in [1.29, 1.82) is 0 Å². The summed E-state index contributed by atoms with van der Waals surface area (Å²) in [7, 11) is 3.64. The van der Waals surface area contributed by atoms with Crippen molar-refractivity contribution in [2.24, 2.45) is 13.0 Å². The van der Waals surface area contributed by atoms with Gasteiger partial charge in [0.25, 0.3) is 0 Å². The van der Waals surface area contributed by atoms with Gasteiger partial charge in [0.15, 0.2) is 0 Å². The summed E-state index contributed by atoms with van der Waals surface area (Å²) in [5.74, 6) is 1.71. The first-order chi connectivity index (χ1) is 10.2. The van der Waals surface area contributed by atoms with Crippen LogP contribution in [0.2, 0.25) is 0 Å². The highest BCUT2D eigenvalue weighted by molar-refractivity contribution is 5.72. The van der Waals surface area contributed by atoms with E-state index in [4.69, 9.17) is 4.74 Å². The molecule has 0 amide bonds. The molecule has 4 rings (SSSR count). The Bertz CT molecular complexity index is 798. The molecule has 0 N–H and O–H groups in total. The van der Waals surface area contributed by atoms with Gasteiger partial charge in [-0.2, -0.15) is 10.2 Å². The minimum absolute atomic E-state index is 0.834. The Morgan fingerprint density at radius 2 is 2.05 bits per heavy atom. The van der Waals surface area contributed by atoms with Crippen molar-refractivity contribution in [3.8, 4) is 16.9 Å². The summed E-state index contributed by atoms with van der Waals surface area (Å²) >= 11 is 0. The molecule has 3 aromatic heterocycles. The molecule has 0 spiro atoms. The van der Waals surface area contributed by atoms with E-state index in [1.807, 2.05) is 36.4 Å². The van der Waals surface area contributed by atoms with Crippen LogP contribution in [-0.2, 0) is 13.5 Å². The molecule has 0 radical (unpaired) electrons. The number of ether oxygens (including phenoxy) is 1. The van der Waals surface area contributed by atoms with Crippen LogP contribution in [0.5, 0.6) is 5.75 Å². The van der Waals surface area contributed by atoms with E-state index < -0.39 is 0 Å². The maximum Gasteiger partial charge on any atom is 0.145 e. The minimum Gasteiger partial charge on any atom is -0.494 e. The molecule has 3 heterocycles. The molecule has 1 fully saturated rings. The fraction of sp³-hybridized carbons (Fsp3) is 0.375. The van der Waals surface area contributed by atoms with E-state index in [-0.39, 0.29) is 0 Å². The standard InChI is InChI=1S/C16H18N4O/c1-19-9-14(8-17-19)13-6-15(21-2)16-12(5-11-3-4-11)7-18-20(16)10-13/h6-11H,3-5H2,1-2H3. The molecule has 5 nitrogen and oxygen atoms in total. The molecule has 0 aromatic carbocycles. The fourth-order valence-electron chi connectivity index (χ4n) is 2.81. The van der Waals surface area contributed by atoms with Crippen LogP contribution in [0.3, 0.4) is 0 Å². The largest absolute Gasteiger partial charge is 0.494 e. The lowest BCUT2D eigenvalue weighted by molar-refractivity contribution is 0.417. The summed E-state index contributed by atoms with van der Waals surface area (Å²) in [6.45, 7) is 0. The topological polar surface area (TPSA) is 44.4 Å². The van der Waals surface area contributed by atoms with Crippen LogP contribution >= 0.6 is 0 Å². The average molecular weight is 282 g/mol. The lowest BCUT2D eigenvalue weighted by atomic mass is 10.1. The second-order valence-electron chi connectivity index (χ2n) is 5.81. The van der Waals surface area contributed by atoms with Crippen molar-refractivity contribution in [3.05, 3.63) is 36.4 Å². The highest BCUT2D eigenvalue weighted by atomic mass is 16.5. The monoisotopic (exact) mass is 282 g/mol. The van der Waals surface area contributed by atoms with Crippen LogP contribution in [0.1, 0.15) is 18.4 Å². The average Bonchev–Trinajstić information content (AvgIpc) is 3.05. The molecule has 1 saturated carbocycles. The number of aromatic nitrogens is 4. The van der Waals surface area contributed by atoms with Crippen LogP contribution < -0.4 is 4.74 Å². The predicted molar refractivity (Wildman–Crippen MR) is 80.4 cm³/mol. The van der Waals surface area contributed by atoms with E-state index in [1.54, 1.807) is 11.8 Å². The zero-order valence-corrected chi connectivity index (χ0v) is 12.3. The molecule has 0 bridgehead atoms. The molecule has 1 aliphatic carbocycles. The number of hydrogen-bond acceptors (Lipinski definition) is 3. The molecule has 0 unspecified atom stereocenters. The van der Waals surface area contributed by atoms with Crippen LogP contribution in [0.25, 0.3) is 16.6 Å². The number of pyridine rings is 1. The Morgan fingerprint density at radius 1 is 1.19 bits per heavy atom. The van der Waals surface area contributed by atoms with Gasteiger partial charge in [0.05, 0.1) is 19.5 Å². The molecule has 0 saturated heterocycles. The first-order valence-corrected chi connectivity index (χ1v) is 7.28. The Morgan fingerprint density at radius 3 is 2.71 bits per heavy atom. The number of aryl methyl sites for hydroxylation is 1. The molecule has 0 aliphatic heterocycles. The third kappa shape index (κ3) is 2.18. The SMILES string of the molecule is COc1cc(-c2cnn(C)c2)cn2ncc(CC3CC3)c12. The maximum atomic E-state index is 5.61. The zero-order chi connectivity index (χ0) is 14.4. The molecule has 3 aromatic rings. The summed E-state index contributed by atoms with van der Waals surface area (Å²) in [4.78, 5) is 0. The van der Waals surface area contributed by atoms with E-state index in [1.165, 1.54) is 18.4 Å². The summed E-state index contributed by atoms with van der Waals surface area (Å²) in [5.41, 5.74) is 4.51. The molecular formula is C16H18N4O. The Balaban J connectivity index is 1.84. The second kappa shape index (κ2) is 4.62. The van der Waals surface area contributed by atoms with E-state index >= 15 is 0 Å². The van der Waals surface area contributed by atoms with E-state index in [0.717, 1.165) is 34.7 Å². The van der Waals surface area contributed by atoms with Gasteiger partial charge in [-0.3, -0.25) is 4.68 Å². The van der Waals surface area contributed by atoms with E-state index in [2.05, 4.69) is 16.3 Å². The van der Waals surface area contributed by atoms with E-state index in [9.17, 15) is 0 Å². The van der Waals surface area contributed by atoms with Crippen molar-refractivity contribution in [2.75, 3.05) is 7.11 Å². The van der Waals surface area contributed by atoms with Gasteiger partial charge in [0.1, 0.15) is 11.3 Å². The Labute approximate surface area is 123 Å². The highest BCUT2D eigenvalue weighted by Gasteiger charge is 2.24. The quantitative estimate of drug-likeness (QED) is 0.739. The predicted octanol–water partition coefficient (Wildman–Crippen LogP) is 2.70. The Hall–Kier alpha value is -2.30. The lowest BCUT2D eigenvalue weighted by Crippen LogP contribution is -1.95. The van der Waals surface area contributed by atoms with Gasteiger partial charge in [-0.1, -0.05) is 0 Å². The molecule has 21 heavy (non-hydrogen) atoms. The third-order valence-corrected chi connectivity index (χ3v) is 4.12.